The lowest BCUT2D eigenvalue weighted by atomic mass is 9.86. The number of aryl methyl sites for hydroxylation is 1. The van der Waals surface area contributed by atoms with Crippen molar-refractivity contribution in [3.05, 3.63) is 62.6 Å². The molecule has 0 saturated heterocycles. The minimum atomic E-state index is -4.81. The van der Waals surface area contributed by atoms with E-state index in [1.807, 2.05) is 6.26 Å². The molecule has 2 aliphatic heterocycles. The SMILES string of the molecule is CSC1=NOC(NC(=O)c2ccc(C3=NO[C@@](c4cc(Cl)c(SC)c(Cl)c4)(C(F)(F)F)C3)cc2C)C1. The molecular formula is C23H20Cl2F3N3O3S2. The Morgan fingerprint density at radius 3 is 2.39 bits per heavy atom. The maximum atomic E-state index is 14.4. The molecule has 36 heavy (non-hydrogen) atoms. The van der Waals surface area contributed by atoms with Gasteiger partial charge in [0, 0.05) is 22.4 Å². The van der Waals surface area contributed by atoms with Crippen molar-refractivity contribution in [3.63, 3.8) is 0 Å². The van der Waals surface area contributed by atoms with E-state index in [1.54, 1.807) is 19.2 Å². The molecule has 192 valence electrons. The first-order chi connectivity index (χ1) is 17.0. The highest BCUT2D eigenvalue weighted by Gasteiger charge is 2.62. The fourth-order valence-corrected chi connectivity index (χ4v) is 5.82. The van der Waals surface area contributed by atoms with Gasteiger partial charge in [-0.1, -0.05) is 39.6 Å². The Morgan fingerprint density at radius 2 is 1.83 bits per heavy atom. The zero-order valence-electron chi connectivity index (χ0n) is 19.2. The second kappa shape index (κ2) is 10.4. The molecule has 2 heterocycles. The lowest BCUT2D eigenvalue weighted by Gasteiger charge is -2.30. The predicted molar refractivity (Wildman–Crippen MR) is 137 cm³/mol. The molecule has 0 fully saturated rings. The highest BCUT2D eigenvalue weighted by molar-refractivity contribution is 8.13. The van der Waals surface area contributed by atoms with Gasteiger partial charge in [0.15, 0.2) is 0 Å². The summed E-state index contributed by atoms with van der Waals surface area (Å²) < 4.78 is 43.1. The van der Waals surface area contributed by atoms with Crippen LogP contribution < -0.4 is 5.32 Å². The Labute approximate surface area is 223 Å². The molecular weight excluding hydrogens is 558 g/mol. The minimum Gasteiger partial charge on any atom is -0.374 e. The number of nitrogens with zero attached hydrogens (tertiary/aromatic N) is 2. The van der Waals surface area contributed by atoms with Crippen LogP contribution in [0.1, 0.15) is 39.9 Å². The van der Waals surface area contributed by atoms with E-state index in [0.717, 1.165) is 5.04 Å². The van der Waals surface area contributed by atoms with Crippen LogP contribution in [0.25, 0.3) is 0 Å². The zero-order chi connectivity index (χ0) is 26.3. The molecule has 1 amide bonds. The molecule has 0 aliphatic carbocycles. The van der Waals surface area contributed by atoms with E-state index < -0.39 is 24.4 Å². The summed E-state index contributed by atoms with van der Waals surface area (Å²) in [4.78, 5) is 23.5. The summed E-state index contributed by atoms with van der Waals surface area (Å²) in [5.74, 6) is -0.381. The van der Waals surface area contributed by atoms with Gasteiger partial charge in [0.1, 0.15) is 5.04 Å². The lowest BCUT2D eigenvalue weighted by Crippen LogP contribution is -2.42. The Bertz CT molecular complexity index is 1250. The van der Waals surface area contributed by atoms with Gasteiger partial charge in [-0.05, 0) is 54.8 Å². The number of oxime groups is 2. The van der Waals surface area contributed by atoms with Gasteiger partial charge in [0.05, 0.1) is 22.2 Å². The minimum absolute atomic E-state index is 0.0840. The highest BCUT2D eigenvalue weighted by atomic mass is 35.5. The maximum Gasteiger partial charge on any atom is 0.435 e. The average molecular weight is 578 g/mol. The molecule has 6 nitrogen and oxygen atoms in total. The number of thioether (sulfide) groups is 2. The van der Waals surface area contributed by atoms with Crippen LogP contribution in [0.3, 0.4) is 0 Å². The predicted octanol–water partition coefficient (Wildman–Crippen LogP) is 6.76. The summed E-state index contributed by atoms with van der Waals surface area (Å²) >= 11 is 15.1. The number of carbonyl (C=O) groups is 1. The lowest BCUT2D eigenvalue weighted by molar-refractivity contribution is -0.275. The number of hydrogen-bond acceptors (Lipinski definition) is 7. The molecule has 2 aromatic carbocycles. The van der Waals surface area contributed by atoms with Crippen LogP contribution in [-0.4, -0.2) is 41.6 Å². The second-order valence-corrected chi connectivity index (χ2v) is 10.6. The van der Waals surface area contributed by atoms with E-state index in [-0.39, 0.29) is 27.2 Å². The number of nitrogens with one attached hydrogen (secondary N) is 1. The van der Waals surface area contributed by atoms with Gasteiger partial charge < -0.3 is 15.0 Å². The van der Waals surface area contributed by atoms with Crippen LogP contribution in [0.5, 0.6) is 0 Å². The van der Waals surface area contributed by atoms with E-state index in [4.69, 9.17) is 32.9 Å². The van der Waals surface area contributed by atoms with Crippen LogP contribution in [0.15, 0.2) is 45.5 Å². The first-order valence-electron chi connectivity index (χ1n) is 10.5. The summed E-state index contributed by atoms with van der Waals surface area (Å²) in [6.45, 7) is 1.69. The van der Waals surface area contributed by atoms with Gasteiger partial charge in [-0.3, -0.25) is 4.79 Å². The van der Waals surface area contributed by atoms with Crippen molar-refractivity contribution in [2.45, 2.75) is 42.7 Å². The quantitative estimate of drug-likeness (QED) is 0.397. The third kappa shape index (κ3) is 5.03. The van der Waals surface area contributed by atoms with Crippen molar-refractivity contribution >= 4 is 63.4 Å². The highest BCUT2D eigenvalue weighted by Crippen LogP contribution is 2.50. The first-order valence-corrected chi connectivity index (χ1v) is 13.7. The smallest absolute Gasteiger partial charge is 0.374 e. The number of halogens is 5. The van der Waals surface area contributed by atoms with Crippen LogP contribution in [0.4, 0.5) is 13.2 Å². The number of hydrogen-bond donors (Lipinski definition) is 1. The van der Waals surface area contributed by atoms with Gasteiger partial charge in [-0.15, -0.1) is 23.5 Å². The van der Waals surface area contributed by atoms with Gasteiger partial charge in [0.25, 0.3) is 11.5 Å². The first kappa shape index (κ1) is 27.0. The maximum absolute atomic E-state index is 14.4. The third-order valence-electron chi connectivity index (χ3n) is 5.83. The normalized spacial score (nSPS) is 21.5. The summed E-state index contributed by atoms with van der Waals surface area (Å²) in [5.41, 5.74) is -1.59. The number of rotatable bonds is 5. The molecule has 0 bridgehead atoms. The second-order valence-electron chi connectivity index (χ2n) is 8.09. The van der Waals surface area contributed by atoms with Crippen molar-refractivity contribution in [2.24, 2.45) is 10.3 Å². The van der Waals surface area contributed by atoms with Crippen LogP contribution in [0, 0.1) is 6.92 Å². The molecule has 1 unspecified atom stereocenters. The topological polar surface area (TPSA) is 72.3 Å². The summed E-state index contributed by atoms with van der Waals surface area (Å²) in [5, 5.41) is 11.4. The summed E-state index contributed by atoms with van der Waals surface area (Å²) in [6.07, 6.45) is -1.92. The van der Waals surface area contributed by atoms with Crippen molar-refractivity contribution in [2.75, 3.05) is 12.5 Å². The molecule has 4 rings (SSSR count). The Kier molecular flexibility index (Phi) is 7.76. The van der Waals surface area contributed by atoms with E-state index in [2.05, 4.69) is 15.6 Å². The molecule has 2 aliphatic rings. The molecule has 0 saturated carbocycles. The Hall–Kier alpha value is -2.08. The number of benzene rings is 2. The standard InChI is InChI=1S/C23H20Cl2F3N3O3S2/c1-11-6-12(4-5-14(11)21(32)29-18-9-19(35-2)31-33-18)17-10-22(34-30-17,23(26,27)28)13-7-15(24)20(36-3)16(25)8-13/h4-8,18H,9-10H2,1-3H3,(H,29,32)/t18?,22-/m0/s1. The number of carbonyl (C=O) groups excluding carboxylic acids is 1. The summed E-state index contributed by atoms with van der Waals surface area (Å²) in [7, 11) is 0. The van der Waals surface area contributed by atoms with Gasteiger partial charge in [-0.25, -0.2) is 0 Å². The number of alkyl halides is 3. The van der Waals surface area contributed by atoms with E-state index in [9.17, 15) is 18.0 Å². The molecule has 2 atom stereocenters. The van der Waals surface area contributed by atoms with E-state index in [1.165, 1.54) is 47.8 Å². The monoisotopic (exact) mass is 577 g/mol. The zero-order valence-corrected chi connectivity index (χ0v) is 22.3. The van der Waals surface area contributed by atoms with Crippen molar-refractivity contribution in [3.8, 4) is 0 Å². The van der Waals surface area contributed by atoms with Gasteiger partial charge in [-0.2, -0.15) is 13.2 Å². The largest absolute Gasteiger partial charge is 0.435 e. The third-order valence-corrected chi connectivity index (χ3v) is 8.21. The van der Waals surface area contributed by atoms with Gasteiger partial charge in [0.2, 0.25) is 6.23 Å². The fraction of sp³-hybridized carbons (Fsp3) is 0.348. The van der Waals surface area contributed by atoms with Crippen molar-refractivity contribution < 1.29 is 27.6 Å². The Morgan fingerprint density at radius 1 is 1.14 bits per heavy atom. The van der Waals surface area contributed by atoms with Crippen LogP contribution >= 0.6 is 46.7 Å². The fourth-order valence-electron chi connectivity index (χ4n) is 3.92. The van der Waals surface area contributed by atoms with Crippen molar-refractivity contribution in [1.82, 2.24) is 5.32 Å². The van der Waals surface area contributed by atoms with E-state index in [0.29, 0.717) is 28.0 Å². The van der Waals surface area contributed by atoms with Crippen LogP contribution in [0.2, 0.25) is 10.0 Å². The summed E-state index contributed by atoms with van der Waals surface area (Å²) in [6, 6.07) is 7.08. The average Bonchev–Trinajstić information content (AvgIpc) is 3.46. The van der Waals surface area contributed by atoms with E-state index >= 15 is 0 Å². The van der Waals surface area contributed by atoms with Crippen LogP contribution in [-0.2, 0) is 15.3 Å². The number of amides is 1. The molecule has 0 radical (unpaired) electrons. The molecule has 0 spiro atoms. The Balaban J connectivity index is 1.57. The van der Waals surface area contributed by atoms with Gasteiger partial charge >= 0.3 is 6.18 Å². The molecule has 1 N–H and O–H groups in total. The molecule has 0 aromatic heterocycles. The molecule has 2 aromatic rings. The van der Waals surface area contributed by atoms with Crippen molar-refractivity contribution in [1.29, 1.82) is 0 Å². The molecule has 13 heteroatoms.